The predicted octanol–water partition coefficient (Wildman–Crippen LogP) is 5.30. The summed E-state index contributed by atoms with van der Waals surface area (Å²) in [6.07, 6.45) is 12.4. The van der Waals surface area contributed by atoms with Gasteiger partial charge in [-0.1, -0.05) is 76.3 Å². The Bertz CT molecular complexity index is 362. The lowest BCUT2D eigenvalue weighted by atomic mass is 10.0. The molecule has 0 aliphatic rings. The zero-order valence-corrected chi connectivity index (χ0v) is 12.6. The molecule has 0 bridgehead atoms. The third kappa shape index (κ3) is 6.47. The van der Waals surface area contributed by atoms with Crippen molar-refractivity contribution >= 4 is 5.70 Å². The average Bonchev–Trinajstić information content (AvgIpc) is 2.43. The van der Waals surface area contributed by atoms with Gasteiger partial charge in [-0.05, 0) is 30.4 Å². The summed E-state index contributed by atoms with van der Waals surface area (Å²) in [5, 5.41) is 0. The molecule has 19 heavy (non-hydrogen) atoms. The third-order valence-corrected chi connectivity index (χ3v) is 3.53. The first kappa shape index (κ1) is 15.8. The van der Waals surface area contributed by atoms with Crippen LogP contribution < -0.4 is 5.73 Å². The second-order valence-corrected chi connectivity index (χ2v) is 5.28. The van der Waals surface area contributed by atoms with Crippen LogP contribution in [0.3, 0.4) is 0 Å². The van der Waals surface area contributed by atoms with Crippen molar-refractivity contribution in [3.63, 3.8) is 0 Å². The largest absolute Gasteiger partial charge is 0.399 e. The van der Waals surface area contributed by atoms with Crippen LogP contribution in [0.25, 0.3) is 5.70 Å². The summed E-state index contributed by atoms with van der Waals surface area (Å²) in [5.41, 5.74) is 9.46. The minimum atomic E-state index is 0.897. The molecule has 0 aliphatic heterocycles. The van der Waals surface area contributed by atoms with Crippen molar-refractivity contribution in [3.8, 4) is 0 Å². The topological polar surface area (TPSA) is 26.0 Å². The van der Waals surface area contributed by atoms with Crippen LogP contribution in [0.15, 0.2) is 30.3 Å². The molecule has 0 atom stereocenters. The Balaban J connectivity index is 2.30. The molecule has 0 unspecified atom stereocenters. The zero-order valence-electron chi connectivity index (χ0n) is 12.6. The minimum Gasteiger partial charge on any atom is -0.399 e. The third-order valence-electron chi connectivity index (χ3n) is 3.53. The van der Waals surface area contributed by atoms with Gasteiger partial charge in [0.2, 0.25) is 0 Å². The van der Waals surface area contributed by atoms with E-state index < -0.39 is 0 Å². The van der Waals surface area contributed by atoms with Crippen molar-refractivity contribution in [1.29, 1.82) is 0 Å². The Morgan fingerprint density at radius 2 is 1.58 bits per heavy atom. The maximum absolute atomic E-state index is 5.98. The molecule has 0 heterocycles. The molecule has 106 valence electrons. The SMILES string of the molecule is CCC=C(N)c1ccc(CCCCCCCC)cc1. The van der Waals surface area contributed by atoms with E-state index in [0.717, 1.165) is 17.7 Å². The van der Waals surface area contributed by atoms with E-state index >= 15 is 0 Å². The van der Waals surface area contributed by atoms with Crippen molar-refractivity contribution in [2.24, 2.45) is 5.73 Å². The highest BCUT2D eigenvalue weighted by molar-refractivity contribution is 5.62. The Kier molecular flexibility index (Phi) is 8.04. The molecule has 1 aromatic rings. The van der Waals surface area contributed by atoms with Gasteiger partial charge in [-0.25, -0.2) is 0 Å². The normalized spacial score (nSPS) is 11.8. The summed E-state index contributed by atoms with van der Waals surface area (Å²) in [4.78, 5) is 0. The average molecular weight is 259 g/mol. The second kappa shape index (κ2) is 9.66. The van der Waals surface area contributed by atoms with Gasteiger partial charge in [-0.3, -0.25) is 0 Å². The van der Waals surface area contributed by atoms with Crippen LogP contribution in [0.1, 0.15) is 69.9 Å². The van der Waals surface area contributed by atoms with Crippen LogP contribution in [-0.4, -0.2) is 0 Å². The number of hydrogen-bond donors (Lipinski definition) is 1. The highest BCUT2D eigenvalue weighted by atomic mass is 14.6. The number of rotatable bonds is 9. The van der Waals surface area contributed by atoms with Gasteiger partial charge in [0.1, 0.15) is 0 Å². The van der Waals surface area contributed by atoms with E-state index in [1.54, 1.807) is 0 Å². The number of aryl methyl sites for hydroxylation is 1. The lowest BCUT2D eigenvalue weighted by molar-refractivity contribution is 0.607. The molecule has 0 amide bonds. The summed E-state index contributed by atoms with van der Waals surface area (Å²) in [6, 6.07) is 8.73. The monoisotopic (exact) mass is 259 g/mol. The fourth-order valence-electron chi connectivity index (χ4n) is 2.31. The molecule has 0 saturated carbocycles. The van der Waals surface area contributed by atoms with E-state index in [1.807, 2.05) is 0 Å². The molecule has 0 aliphatic carbocycles. The van der Waals surface area contributed by atoms with Crippen LogP contribution in [0.2, 0.25) is 0 Å². The molecule has 1 heteroatoms. The molecule has 0 fully saturated rings. The summed E-state index contributed by atoms with van der Waals surface area (Å²) in [5.74, 6) is 0. The van der Waals surface area contributed by atoms with Gasteiger partial charge >= 0.3 is 0 Å². The van der Waals surface area contributed by atoms with Crippen LogP contribution in [0.5, 0.6) is 0 Å². The Morgan fingerprint density at radius 1 is 0.947 bits per heavy atom. The first-order valence-corrected chi connectivity index (χ1v) is 7.82. The maximum atomic E-state index is 5.98. The van der Waals surface area contributed by atoms with Crippen molar-refractivity contribution in [3.05, 3.63) is 41.5 Å². The second-order valence-electron chi connectivity index (χ2n) is 5.28. The molecular formula is C18H29N. The summed E-state index contributed by atoms with van der Waals surface area (Å²) in [7, 11) is 0. The van der Waals surface area contributed by atoms with Gasteiger partial charge < -0.3 is 5.73 Å². The minimum absolute atomic E-state index is 0.897. The number of unbranched alkanes of at least 4 members (excludes halogenated alkanes) is 5. The molecule has 2 N–H and O–H groups in total. The van der Waals surface area contributed by atoms with Gasteiger partial charge in [-0.15, -0.1) is 0 Å². The van der Waals surface area contributed by atoms with E-state index in [2.05, 4.69) is 44.2 Å². The molecule has 1 nitrogen and oxygen atoms in total. The number of nitrogens with two attached hydrogens (primary N) is 1. The number of benzene rings is 1. The van der Waals surface area contributed by atoms with E-state index in [9.17, 15) is 0 Å². The van der Waals surface area contributed by atoms with E-state index in [-0.39, 0.29) is 0 Å². The summed E-state index contributed by atoms with van der Waals surface area (Å²) >= 11 is 0. The van der Waals surface area contributed by atoms with Crippen LogP contribution in [-0.2, 0) is 6.42 Å². The van der Waals surface area contributed by atoms with Gasteiger partial charge in [0.25, 0.3) is 0 Å². The van der Waals surface area contributed by atoms with Gasteiger partial charge in [0, 0.05) is 5.70 Å². The van der Waals surface area contributed by atoms with Crippen molar-refractivity contribution in [2.45, 2.75) is 65.2 Å². The summed E-state index contributed by atoms with van der Waals surface area (Å²) < 4.78 is 0. The predicted molar refractivity (Wildman–Crippen MR) is 86.0 cm³/mol. The Morgan fingerprint density at radius 3 is 2.21 bits per heavy atom. The number of allylic oxidation sites excluding steroid dienone is 1. The highest BCUT2D eigenvalue weighted by Gasteiger charge is 1.97. The van der Waals surface area contributed by atoms with Crippen LogP contribution in [0, 0.1) is 0 Å². The standard InChI is InChI=1S/C18H29N/c1-3-5-6-7-8-9-11-16-12-14-17(15-13-16)18(19)10-4-2/h10,12-15H,3-9,11,19H2,1-2H3. The van der Waals surface area contributed by atoms with Gasteiger partial charge in [0.05, 0.1) is 0 Å². The quantitative estimate of drug-likeness (QED) is 0.598. The fraction of sp³-hybridized carbons (Fsp3) is 0.556. The van der Waals surface area contributed by atoms with Crippen LogP contribution >= 0.6 is 0 Å². The van der Waals surface area contributed by atoms with E-state index in [1.165, 1.54) is 50.5 Å². The van der Waals surface area contributed by atoms with E-state index in [4.69, 9.17) is 5.73 Å². The Hall–Kier alpha value is -1.24. The molecule has 0 aromatic heterocycles. The molecule has 0 spiro atoms. The van der Waals surface area contributed by atoms with Gasteiger partial charge in [0.15, 0.2) is 0 Å². The zero-order chi connectivity index (χ0) is 13.9. The fourth-order valence-corrected chi connectivity index (χ4v) is 2.31. The molecule has 0 saturated heterocycles. The molecular weight excluding hydrogens is 230 g/mol. The van der Waals surface area contributed by atoms with E-state index in [0.29, 0.717) is 0 Å². The van der Waals surface area contributed by atoms with Crippen molar-refractivity contribution in [2.75, 3.05) is 0 Å². The summed E-state index contributed by atoms with van der Waals surface area (Å²) in [6.45, 7) is 4.38. The van der Waals surface area contributed by atoms with Crippen molar-refractivity contribution < 1.29 is 0 Å². The first-order valence-electron chi connectivity index (χ1n) is 7.82. The number of hydrogen-bond acceptors (Lipinski definition) is 1. The van der Waals surface area contributed by atoms with Crippen molar-refractivity contribution in [1.82, 2.24) is 0 Å². The Labute approximate surface area is 118 Å². The first-order chi connectivity index (χ1) is 9.27. The molecule has 1 rings (SSSR count). The maximum Gasteiger partial charge on any atom is 0.0346 e. The van der Waals surface area contributed by atoms with Gasteiger partial charge in [-0.2, -0.15) is 0 Å². The molecule has 1 aromatic carbocycles. The lowest BCUT2D eigenvalue weighted by Gasteiger charge is -2.05. The lowest BCUT2D eigenvalue weighted by Crippen LogP contribution is -1.96. The van der Waals surface area contributed by atoms with Crippen LogP contribution in [0.4, 0.5) is 0 Å². The highest BCUT2D eigenvalue weighted by Crippen LogP contribution is 2.14. The smallest absolute Gasteiger partial charge is 0.0346 e. The molecule has 0 radical (unpaired) electrons.